The second-order valence-corrected chi connectivity index (χ2v) is 2.77. The van der Waals surface area contributed by atoms with Crippen LogP contribution in [0.15, 0.2) is 0 Å². The molecule has 1 aliphatic rings. The molecule has 0 radical (unpaired) electrons. The molecule has 0 amide bonds. The van der Waals surface area contributed by atoms with Crippen LogP contribution in [0.2, 0.25) is 0 Å². The largest absolute Gasteiger partial charge is 0.388 e. The lowest BCUT2D eigenvalue weighted by molar-refractivity contribution is -0.260. The molecule has 2 N–H and O–H groups in total. The average molecular weight is 162 g/mol. The first kappa shape index (κ1) is 8.93. The van der Waals surface area contributed by atoms with E-state index in [0.29, 0.717) is 13.2 Å². The highest BCUT2D eigenvalue weighted by Gasteiger charge is 2.45. The lowest BCUT2D eigenvalue weighted by atomic mass is 10.1. The van der Waals surface area contributed by atoms with Crippen molar-refractivity contribution < 1.29 is 19.7 Å². The Morgan fingerprint density at radius 2 is 1.45 bits per heavy atom. The zero-order chi connectivity index (χ0) is 8.48. The molecular formula is C7H14O4. The van der Waals surface area contributed by atoms with Gasteiger partial charge in [0.1, 0.15) is 12.2 Å². The predicted octanol–water partition coefficient (Wildman–Crippen LogP) is -0.509. The number of hydrogen-bond donors (Lipinski definition) is 2. The lowest BCUT2D eigenvalue weighted by Gasteiger charge is -2.32. The Labute approximate surface area is 65.7 Å². The Hall–Kier alpha value is -0.160. The molecule has 4 heteroatoms. The number of rotatable bonds is 2. The molecule has 0 aromatic heterocycles. The second kappa shape index (κ2) is 3.06. The van der Waals surface area contributed by atoms with Gasteiger partial charge < -0.3 is 19.7 Å². The van der Waals surface area contributed by atoms with E-state index in [0.717, 1.165) is 0 Å². The van der Waals surface area contributed by atoms with Crippen molar-refractivity contribution in [2.75, 3.05) is 13.2 Å². The van der Waals surface area contributed by atoms with Gasteiger partial charge >= 0.3 is 0 Å². The van der Waals surface area contributed by atoms with E-state index in [4.69, 9.17) is 9.47 Å². The summed E-state index contributed by atoms with van der Waals surface area (Å²) in [6.45, 7) is 3.93. The molecule has 11 heavy (non-hydrogen) atoms. The first-order chi connectivity index (χ1) is 5.09. The third-order valence-electron chi connectivity index (χ3n) is 1.90. The fourth-order valence-electron chi connectivity index (χ4n) is 1.28. The molecule has 0 bridgehead atoms. The van der Waals surface area contributed by atoms with Crippen LogP contribution in [0.4, 0.5) is 0 Å². The van der Waals surface area contributed by atoms with Crippen LogP contribution in [0.3, 0.4) is 0 Å². The van der Waals surface area contributed by atoms with Crippen molar-refractivity contribution in [2.45, 2.75) is 31.8 Å². The highest BCUT2D eigenvalue weighted by molar-refractivity contribution is 4.84. The average Bonchev–Trinajstić information content (AvgIpc) is 2.34. The van der Waals surface area contributed by atoms with Gasteiger partial charge in [-0.15, -0.1) is 0 Å². The molecule has 66 valence electrons. The quantitative estimate of drug-likeness (QED) is 0.574. The molecule has 0 saturated carbocycles. The van der Waals surface area contributed by atoms with Crippen LogP contribution in [-0.2, 0) is 9.47 Å². The number of aliphatic hydroxyl groups is 2. The Bertz CT molecular complexity index is 116. The van der Waals surface area contributed by atoms with Crippen molar-refractivity contribution in [3.05, 3.63) is 0 Å². The van der Waals surface area contributed by atoms with Crippen molar-refractivity contribution in [3.8, 4) is 0 Å². The monoisotopic (exact) mass is 162 g/mol. The third kappa shape index (κ3) is 1.39. The fraction of sp³-hybridized carbons (Fsp3) is 1.00. The molecule has 0 aliphatic carbocycles. The highest BCUT2D eigenvalue weighted by atomic mass is 16.8. The first-order valence-electron chi connectivity index (χ1n) is 3.73. The van der Waals surface area contributed by atoms with Gasteiger partial charge in [-0.25, -0.2) is 0 Å². The summed E-state index contributed by atoms with van der Waals surface area (Å²) < 4.78 is 10.3. The second-order valence-electron chi connectivity index (χ2n) is 2.77. The smallest absolute Gasteiger partial charge is 0.220 e. The third-order valence-corrected chi connectivity index (χ3v) is 1.90. The molecular weight excluding hydrogens is 148 g/mol. The molecule has 4 nitrogen and oxygen atoms in total. The van der Waals surface area contributed by atoms with Gasteiger partial charge in [0, 0.05) is 0 Å². The zero-order valence-corrected chi connectivity index (χ0v) is 6.78. The minimum Gasteiger partial charge on any atom is -0.388 e. The maximum Gasteiger partial charge on any atom is 0.220 e. The number of ether oxygens (including phenoxy) is 2. The SMILES string of the molecule is CC(O)C1(C(C)O)OCCO1. The van der Waals surface area contributed by atoms with E-state index in [1.54, 1.807) is 0 Å². The van der Waals surface area contributed by atoms with Crippen molar-refractivity contribution in [1.82, 2.24) is 0 Å². The van der Waals surface area contributed by atoms with E-state index >= 15 is 0 Å². The van der Waals surface area contributed by atoms with Crippen LogP contribution in [0, 0.1) is 0 Å². The highest BCUT2D eigenvalue weighted by Crippen LogP contribution is 2.27. The summed E-state index contributed by atoms with van der Waals surface area (Å²) in [5.74, 6) is -1.19. The summed E-state index contributed by atoms with van der Waals surface area (Å²) in [6.07, 6.45) is -1.63. The molecule has 1 aliphatic heterocycles. The van der Waals surface area contributed by atoms with Crippen LogP contribution in [0.25, 0.3) is 0 Å². The van der Waals surface area contributed by atoms with Gasteiger partial charge in [0.25, 0.3) is 0 Å². The van der Waals surface area contributed by atoms with Gasteiger partial charge in [-0.2, -0.15) is 0 Å². The minimum atomic E-state index is -1.19. The van der Waals surface area contributed by atoms with Crippen molar-refractivity contribution in [2.24, 2.45) is 0 Å². The lowest BCUT2D eigenvalue weighted by Crippen LogP contribution is -2.50. The molecule has 1 saturated heterocycles. The maximum atomic E-state index is 9.26. The van der Waals surface area contributed by atoms with Crippen LogP contribution in [-0.4, -0.2) is 41.4 Å². The van der Waals surface area contributed by atoms with Gasteiger partial charge in [0.2, 0.25) is 5.79 Å². The summed E-state index contributed by atoms with van der Waals surface area (Å²) in [5.41, 5.74) is 0. The van der Waals surface area contributed by atoms with Crippen LogP contribution < -0.4 is 0 Å². The van der Waals surface area contributed by atoms with E-state index in [9.17, 15) is 10.2 Å². The fourth-order valence-corrected chi connectivity index (χ4v) is 1.28. The summed E-state index contributed by atoms with van der Waals surface area (Å²) in [4.78, 5) is 0. The molecule has 2 atom stereocenters. The molecule has 0 aromatic carbocycles. The van der Waals surface area contributed by atoms with Crippen LogP contribution in [0.1, 0.15) is 13.8 Å². The topological polar surface area (TPSA) is 58.9 Å². The normalized spacial score (nSPS) is 28.4. The number of aliphatic hydroxyl groups excluding tert-OH is 2. The molecule has 1 fully saturated rings. The first-order valence-corrected chi connectivity index (χ1v) is 3.73. The van der Waals surface area contributed by atoms with Gasteiger partial charge in [-0.05, 0) is 13.8 Å². The van der Waals surface area contributed by atoms with Crippen molar-refractivity contribution >= 4 is 0 Å². The van der Waals surface area contributed by atoms with Gasteiger partial charge in [0.15, 0.2) is 0 Å². The van der Waals surface area contributed by atoms with E-state index in [1.165, 1.54) is 13.8 Å². The van der Waals surface area contributed by atoms with E-state index in [-0.39, 0.29) is 0 Å². The van der Waals surface area contributed by atoms with E-state index in [2.05, 4.69) is 0 Å². The number of hydrogen-bond acceptors (Lipinski definition) is 4. The molecule has 0 aromatic rings. The molecule has 1 heterocycles. The molecule has 2 unspecified atom stereocenters. The van der Waals surface area contributed by atoms with Crippen molar-refractivity contribution in [1.29, 1.82) is 0 Å². The summed E-state index contributed by atoms with van der Waals surface area (Å²) >= 11 is 0. The molecule has 1 rings (SSSR count). The minimum absolute atomic E-state index is 0.426. The summed E-state index contributed by atoms with van der Waals surface area (Å²) in [7, 11) is 0. The zero-order valence-electron chi connectivity index (χ0n) is 6.78. The predicted molar refractivity (Wildman–Crippen MR) is 38.0 cm³/mol. The van der Waals surface area contributed by atoms with Gasteiger partial charge in [0.05, 0.1) is 13.2 Å². The maximum absolute atomic E-state index is 9.26. The Morgan fingerprint density at radius 1 is 1.09 bits per heavy atom. The summed E-state index contributed by atoms with van der Waals surface area (Å²) in [5, 5.41) is 18.5. The standard InChI is InChI=1S/C7H14O4/c1-5(8)7(6(2)9)10-3-4-11-7/h5-6,8-9H,3-4H2,1-2H3. The summed E-state index contributed by atoms with van der Waals surface area (Å²) in [6, 6.07) is 0. The van der Waals surface area contributed by atoms with Crippen LogP contribution >= 0.6 is 0 Å². The van der Waals surface area contributed by atoms with Crippen LogP contribution in [0.5, 0.6) is 0 Å². The van der Waals surface area contributed by atoms with Gasteiger partial charge in [-0.3, -0.25) is 0 Å². The van der Waals surface area contributed by atoms with E-state index in [1.807, 2.05) is 0 Å². The Kier molecular flexibility index (Phi) is 2.49. The Morgan fingerprint density at radius 3 is 1.64 bits per heavy atom. The van der Waals surface area contributed by atoms with Crippen molar-refractivity contribution in [3.63, 3.8) is 0 Å². The van der Waals surface area contributed by atoms with Gasteiger partial charge in [-0.1, -0.05) is 0 Å². The Balaban J connectivity index is 2.70. The van der Waals surface area contributed by atoms with E-state index < -0.39 is 18.0 Å². The molecule has 0 spiro atoms.